The lowest BCUT2D eigenvalue weighted by molar-refractivity contribution is 0.104. The van der Waals surface area contributed by atoms with Gasteiger partial charge in [-0.25, -0.2) is 0 Å². The molecular weight excluding hydrogens is 294 g/mol. The summed E-state index contributed by atoms with van der Waals surface area (Å²) in [6.45, 7) is 0. The SMILES string of the molecule is O=C1/C(=C\Nc2ccccc2)Cc2cccc(-c3ccccc3)c21. The van der Waals surface area contributed by atoms with Crippen molar-refractivity contribution >= 4 is 11.5 Å². The zero-order valence-electron chi connectivity index (χ0n) is 13.2. The van der Waals surface area contributed by atoms with Crippen molar-refractivity contribution in [2.45, 2.75) is 6.42 Å². The second-order valence-electron chi connectivity index (χ2n) is 5.89. The van der Waals surface area contributed by atoms with E-state index in [0.29, 0.717) is 6.42 Å². The van der Waals surface area contributed by atoms with Gasteiger partial charge in [0.2, 0.25) is 0 Å². The van der Waals surface area contributed by atoms with Crippen LogP contribution in [0.4, 0.5) is 5.69 Å². The topological polar surface area (TPSA) is 29.1 Å². The molecular formula is C22H17NO. The summed E-state index contributed by atoms with van der Waals surface area (Å²) in [5, 5.41) is 3.23. The molecule has 0 bridgehead atoms. The van der Waals surface area contributed by atoms with Crippen LogP contribution in [0.3, 0.4) is 0 Å². The van der Waals surface area contributed by atoms with Crippen molar-refractivity contribution in [1.29, 1.82) is 0 Å². The van der Waals surface area contributed by atoms with E-state index in [9.17, 15) is 4.79 Å². The molecule has 4 rings (SSSR count). The third-order valence-corrected chi connectivity index (χ3v) is 4.32. The van der Waals surface area contributed by atoms with Crippen molar-refractivity contribution < 1.29 is 4.79 Å². The number of nitrogens with one attached hydrogen (secondary N) is 1. The van der Waals surface area contributed by atoms with Crippen molar-refractivity contribution in [2.24, 2.45) is 0 Å². The number of rotatable bonds is 3. The van der Waals surface area contributed by atoms with Gasteiger partial charge in [0.1, 0.15) is 0 Å². The number of Topliss-reactive ketones (excluding diaryl/α,β-unsaturated/α-hetero) is 1. The zero-order chi connectivity index (χ0) is 16.4. The number of benzene rings is 3. The molecule has 0 saturated carbocycles. The van der Waals surface area contributed by atoms with E-state index in [1.54, 1.807) is 0 Å². The minimum absolute atomic E-state index is 0.118. The van der Waals surface area contributed by atoms with Crippen LogP contribution in [0.15, 0.2) is 90.6 Å². The normalized spacial score (nSPS) is 14.7. The largest absolute Gasteiger partial charge is 0.361 e. The number of ketones is 1. The molecule has 0 saturated heterocycles. The molecule has 0 radical (unpaired) electrons. The Balaban J connectivity index is 1.68. The van der Waals surface area contributed by atoms with E-state index >= 15 is 0 Å². The highest BCUT2D eigenvalue weighted by molar-refractivity contribution is 6.17. The van der Waals surface area contributed by atoms with E-state index < -0.39 is 0 Å². The second-order valence-corrected chi connectivity index (χ2v) is 5.89. The van der Waals surface area contributed by atoms with Crippen LogP contribution in [-0.4, -0.2) is 5.78 Å². The van der Waals surface area contributed by atoms with Crippen molar-refractivity contribution in [1.82, 2.24) is 0 Å². The predicted octanol–water partition coefficient (Wildman–Crippen LogP) is 5.09. The summed E-state index contributed by atoms with van der Waals surface area (Å²) in [5.41, 5.74) is 5.82. The summed E-state index contributed by atoms with van der Waals surface area (Å²) in [7, 11) is 0. The Morgan fingerprint density at radius 1 is 0.792 bits per heavy atom. The molecule has 1 N–H and O–H groups in total. The molecule has 116 valence electrons. The minimum atomic E-state index is 0.118. The lowest BCUT2D eigenvalue weighted by Gasteiger charge is -2.07. The second kappa shape index (κ2) is 6.17. The van der Waals surface area contributed by atoms with Gasteiger partial charge in [-0.05, 0) is 28.8 Å². The van der Waals surface area contributed by atoms with Gasteiger partial charge in [0.25, 0.3) is 0 Å². The van der Waals surface area contributed by atoms with Crippen molar-refractivity contribution in [3.8, 4) is 11.1 Å². The Labute approximate surface area is 141 Å². The Bertz CT molecular complexity index is 911. The molecule has 2 heteroatoms. The summed E-state index contributed by atoms with van der Waals surface area (Å²) in [4.78, 5) is 12.9. The van der Waals surface area contributed by atoms with Gasteiger partial charge in [0.15, 0.2) is 5.78 Å². The molecule has 3 aromatic carbocycles. The zero-order valence-corrected chi connectivity index (χ0v) is 13.2. The van der Waals surface area contributed by atoms with Crippen LogP contribution in [0.5, 0.6) is 0 Å². The molecule has 0 spiro atoms. The number of hydrogen-bond acceptors (Lipinski definition) is 2. The maximum atomic E-state index is 12.9. The summed E-state index contributed by atoms with van der Waals surface area (Å²) in [6, 6.07) is 26.1. The summed E-state index contributed by atoms with van der Waals surface area (Å²) >= 11 is 0. The quantitative estimate of drug-likeness (QED) is 0.683. The molecule has 0 heterocycles. The highest BCUT2D eigenvalue weighted by atomic mass is 16.1. The standard InChI is InChI=1S/C22H17NO/c24-22-18(15-23-19-11-5-2-6-12-19)14-17-10-7-13-20(21(17)22)16-8-3-1-4-9-16/h1-13,15,23H,14H2/b18-15-. The van der Waals surface area contributed by atoms with E-state index in [0.717, 1.165) is 33.5 Å². The number of hydrogen-bond donors (Lipinski definition) is 1. The molecule has 0 amide bonds. The number of anilines is 1. The molecule has 1 aliphatic rings. The van der Waals surface area contributed by atoms with Crippen molar-refractivity contribution in [3.63, 3.8) is 0 Å². The molecule has 0 fully saturated rings. The van der Waals surface area contributed by atoms with E-state index in [1.165, 1.54) is 0 Å². The molecule has 0 atom stereocenters. The van der Waals surface area contributed by atoms with E-state index in [2.05, 4.69) is 5.32 Å². The first-order chi connectivity index (χ1) is 11.8. The third kappa shape index (κ3) is 2.63. The van der Waals surface area contributed by atoms with Crippen LogP contribution < -0.4 is 5.32 Å². The monoisotopic (exact) mass is 311 g/mol. The van der Waals surface area contributed by atoms with Gasteiger partial charge in [-0.1, -0.05) is 66.7 Å². The first kappa shape index (κ1) is 14.5. The van der Waals surface area contributed by atoms with Gasteiger partial charge in [-0.3, -0.25) is 4.79 Å². The van der Waals surface area contributed by atoms with Crippen molar-refractivity contribution in [2.75, 3.05) is 5.32 Å². The van der Waals surface area contributed by atoms with Crippen LogP contribution in [0, 0.1) is 0 Å². The van der Waals surface area contributed by atoms with Crippen LogP contribution >= 0.6 is 0 Å². The fraction of sp³-hybridized carbons (Fsp3) is 0.0455. The van der Waals surface area contributed by atoms with Gasteiger partial charge in [0, 0.05) is 29.4 Å². The predicted molar refractivity (Wildman–Crippen MR) is 98.1 cm³/mol. The molecule has 3 aromatic rings. The molecule has 0 aliphatic heterocycles. The van der Waals surface area contributed by atoms with E-state index in [-0.39, 0.29) is 5.78 Å². The van der Waals surface area contributed by atoms with Gasteiger partial charge in [0.05, 0.1) is 0 Å². The maximum Gasteiger partial charge on any atom is 0.191 e. The number of fused-ring (bicyclic) bond motifs is 1. The van der Waals surface area contributed by atoms with Crippen LogP contribution in [-0.2, 0) is 6.42 Å². The smallest absolute Gasteiger partial charge is 0.191 e. The summed E-state index contributed by atoms with van der Waals surface area (Å²) < 4.78 is 0. The average molecular weight is 311 g/mol. The van der Waals surface area contributed by atoms with Crippen LogP contribution in [0.2, 0.25) is 0 Å². The Hall–Kier alpha value is -3.13. The maximum absolute atomic E-state index is 12.9. The Morgan fingerprint density at radius 2 is 1.50 bits per heavy atom. The van der Waals surface area contributed by atoms with Crippen molar-refractivity contribution in [3.05, 3.63) is 102 Å². The average Bonchev–Trinajstić information content (AvgIpc) is 2.98. The first-order valence-electron chi connectivity index (χ1n) is 8.05. The van der Waals surface area contributed by atoms with Crippen LogP contribution in [0.25, 0.3) is 11.1 Å². The molecule has 2 nitrogen and oxygen atoms in total. The lowest BCUT2D eigenvalue weighted by Crippen LogP contribution is -2.00. The Kier molecular flexibility index (Phi) is 3.72. The molecule has 24 heavy (non-hydrogen) atoms. The van der Waals surface area contributed by atoms with Gasteiger partial charge in [-0.2, -0.15) is 0 Å². The van der Waals surface area contributed by atoms with Gasteiger partial charge in [-0.15, -0.1) is 0 Å². The third-order valence-electron chi connectivity index (χ3n) is 4.32. The number of carbonyl (C=O) groups excluding carboxylic acids is 1. The molecule has 0 unspecified atom stereocenters. The fourth-order valence-corrected chi connectivity index (χ4v) is 3.14. The highest BCUT2D eigenvalue weighted by Crippen LogP contribution is 2.34. The van der Waals surface area contributed by atoms with Gasteiger partial charge < -0.3 is 5.32 Å². The molecule has 0 aromatic heterocycles. The molecule has 1 aliphatic carbocycles. The lowest BCUT2D eigenvalue weighted by atomic mass is 9.96. The minimum Gasteiger partial charge on any atom is -0.361 e. The fourth-order valence-electron chi connectivity index (χ4n) is 3.14. The number of para-hydroxylation sites is 1. The highest BCUT2D eigenvalue weighted by Gasteiger charge is 2.27. The van der Waals surface area contributed by atoms with Crippen LogP contribution in [0.1, 0.15) is 15.9 Å². The number of allylic oxidation sites excluding steroid dienone is 1. The summed E-state index contributed by atoms with van der Waals surface area (Å²) in [6.07, 6.45) is 2.51. The first-order valence-corrected chi connectivity index (χ1v) is 8.05. The van der Waals surface area contributed by atoms with Gasteiger partial charge >= 0.3 is 0 Å². The van der Waals surface area contributed by atoms with E-state index in [1.807, 2.05) is 85.1 Å². The Morgan fingerprint density at radius 3 is 2.25 bits per heavy atom. The van der Waals surface area contributed by atoms with E-state index in [4.69, 9.17) is 0 Å². The summed E-state index contributed by atoms with van der Waals surface area (Å²) in [5.74, 6) is 0.118. The number of carbonyl (C=O) groups is 1.